The number of rotatable bonds is 2. The van der Waals surface area contributed by atoms with Crippen molar-refractivity contribution in [3.05, 3.63) is 69.2 Å². The van der Waals surface area contributed by atoms with Gasteiger partial charge in [-0.25, -0.2) is 4.68 Å². The molecule has 122 valence electrons. The third-order valence-electron chi connectivity index (χ3n) is 4.74. The minimum absolute atomic E-state index is 0.121. The van der Waals surface area contributed by atoms with Gasteiger partial charge in [0.05, 0.1) is 12.1 Å². The molecule has 1 N–H and O–H groups in total. The van der Waals surface area contributed by atoms with Gasteiger partial charge in [0.25, 0.3) is 0 Å². The summed E-state index contributed by atoms with van der Waals surface area (Å²) in [5, 5.41) is 15.6. The Labute approximate surface area is 149 Å². The first-order valence-electron chi connectivity index (χ1n) is 7.99. The fourth-order valence-electron chi connectivity index (χ4n) is 3.20. The zero-order valence-electron chi connectivity index (χ0n) is 13.6. The number of fused-ring (bicyclic) bond motifs is 1. The second kappa shape index (κ2) is 6.02. The Balaban J connectivity index is 1.72. The van der Waals surface area contributed by atoms with E-state index in [-0.39, 0.29) is 12.1 Å². The summed E-state index contributed by atoms with van der Waals surface area (Å²) in [6.45, 7) is 4.29. The van der Waals surface area contributed by atoms with Crippen molar-refractivity contribution < 1.29 is 0 Å². The van der Waals surface area contributed by atoms with Gasteiger partial charge in [-0.3, -0.25) is 0 Å². The van der Waals surface area contributed by atoms with Crippen molar-refractivity contribution in [2.45, 2.75) is 32.4 Å². The number of nitrogens with zero attached hydrogens (tertiary/aromatic N) is 4. The lowest BCUT2D eigenvalue weighted by Crippen LogP contribution is -2.28. The molecule has 0 bridgehead atoms. The molecule has 1 aliphatic heterocycles. The molecule has 6 heteroatoms. The van der Waals surface area contributed by atoms with Crippen LogP contribution in [0.15, 0.2) is 46.9 Å². The average molecular weight is 384 g/mol. The van der Waals surface area contributed by atoms with Crippen molar-refractivity contribution in [1.29, 1.82) is 0 Å². The fraction of sp³-hybridized carbons (Fsp3) is 0.278. The SMILES string of the molecule is Cc1ccc(C2CC(c3ccc(Br)cc3)n3nnnc3N2)cc1C. The van der Waals surface area contributed by atoms with Crippen molar-refractivity contribution in [2.75, 3.05) is 5.32 Å². The van der Waals surface area contributed by atoms with E-state index in [2.05, 4.69) is 93.1 Å². The summed E-state index contributed by atoms with van der Waals surface area (Å²) in [6.07, 6.45) is 0.905. The van der Waals surface area contributed by atoms with Crippen LogP contribution < -0.4 is 5.32 Å². The zero-order valence-corrected chi connectivity index (χ0v) is 15.2. The highest BCUT2D eigenvalue weighted by atomic mass is 79.9. The van der Waals surface area contributed by atoms with Crippen LogP contribution in [0.5, 0.6) is 0 Å². The van der Waals surface area contributed by atoms with Crippen LogP contribution >= 0.6 is 15.9 Å². The van der Waals surface area contributed by atoms with Crippen molar-refractivity contribution in [3.8, 4) is 0 Å². The van der Waals surface area contributed by atoms with Crippen LogP contribution in [0.3, 0.4) is 0 Å². The van der Waals surface area contributed by atoms with Crippen LogP contribution in [0.2, 0.25) is 0 Å². The summed E-state index contributed by atoms with van der Waals surface area (Å²) in [5.74, 6) is 0.720. The van der Waals surface area contributed by atoms with Gasteiger partial charge in [-0.15, -0.1) is 0 Å². The van der Waals surface area contributed by atoms with Gasteiger partial charge in [0, 0.05) is 4.47 Å². The van der Waals surface area contributed by atoms with Crippen LogP contribution in [-0.2, 0) is 0 Å². The van der Waals surface area contributed by atoms with Crippen LogP contribution in [0.25, 0.3) is 0 Å². The fourth-order valence-corrected chi connectivity index (χ4v) is 3.46. The maximum absolute atomic E-state index is 4.18. The third-order valence-corrected chi connectivity index (χ3v) is 5.27. The molecular weight excluding hydrogens is 366 g/mol. The van der Waals surface area contributed by atoms with Crippen LogP contribution in [0.1, 0.15) is 40.8 Å². The molecular formula is C18H18BrN5. The molecule has 2 atom stereocenters. The highest BCUT2D eigenvalue weighted by Gasteiger charge is 2.30. The maximum Gasteiger partial charge on any atom is 0.243 e. The van der Waals surface area contributed by atoms with E-state index < -0.39 is 0 Å². The molecule has 2 heterocycles. The smallest absolute Gasteiger partial charge is 0.243 e. The number of nitrogens with one attached hydrogen (secondary N) is 1. The molecule has 24 heavy (non-hydrogen) atoms. The van der Waals surface area contributed by atoms with Gasteiger partial charge < -0.3 is 5.32 Å². The quantitative estimate of drug-likeness (QED) is 0.720. The van der Waals surface area contributed by atoms with Crippen molar-refractivity contribution >= 4 is 21.9 Å². The molecule has 5 nitrogen and oxygen atoms in total. The molecule has 1 aliphatic rings. The Kier molecular flexibility index (Phi) is 3.84. The Morgan fingerprint density at radius 3 is 2.54 bits per heavy atom. The molecule has 0 radical (unpaired) electrons. The molecule has 0 fully saturated rings. The molecule has 1 aromatic heterocycles. The first-order chi connectivity index (χ1) is 11.6. The van der Waals surface area contributed by atoms with Crippen LogP contribution in [0, 0.1) is 13.8 Å². The van der Waals surface area contributed by atoms with E-state index in [4.69, 9.17) is 0 Å². The van der Waals surface area contributed by atoms with Gasteiger partial charge in [0.15, 0.2) is 0 Å². The lowest BCUT2D eigenvalue weighted by atomic mass is 9.92. The summed E-state index contributed by atoms with van der Waals surface area (Å²) >= 11 is 3.50. The van der Waals surface area contributed by atoms with Gasteiger partial charge in [0.1, 0.15) is 0 Å². The largest absolute Gasteiger partial charge is 0.346 e. The number of hydrogen-bond donors (Lipinski definition) is 1. The van der Waals surface area contributed by atoms with Gasteiger partial charge in [0.2, 0.25) is 5.95 Å². The Morgan fingerprint density at radius 2 is 1.79 bits per heavy atom. The summed E-state index contributed by atoms with van der Waals surface area (Å²) < 4.78 is 2.95. The van der Waals surface area contributed by atoms with E-state index in [1.54, 1.807) is 0 Å². The summed E-state index contributed by atoms with van der Waals surface area (Å²) in [4.78, 5) is 0. The van der Waals surface area contributed by atoms with Crippen LogP contribution in [0.4, 0.5) is 5.95 Å². The summed E-state index contributed by atoms with van der Waals surface area (Å²) in [7, 11) is 0. The topological polar surface area (TPSA) is 55.6 Å². The molecule has 0 amide bonds. The number of anilines is 1. The number of halogens is 1. The number of tetrazole rings is 1. The molecule has 2 unspecified atom stereocenters. The standard InChI is InChI=1S/C18H18BrN5/c1-11-3-4-14(9-12(11)2)16-10-17(13-5-7-15(19)8-6-13)24-18(20-16)21-22-23-24/h3-9,16-17H,10H2,1-2H3,(H,20,21,23). The highest BCUT2D eigenvalue weighted by Crippen LogP contribution is 2.37. The Hall–Kier alpha value is -2.21. The van der Waals surface area contributed by atoms with Gasteiger partial charge in [-0.05, 0) is 65.1 Å². The maximum atomic E-state index is 4.18. The Bertz CT molecular complexity index is 871. The van der Waals surface area contributed by atoms with Gasteiger partial charge in [-0.1, -0.05) is 51.4 Å². The molecule has 0 aliphatic carbocycles. The van der Waals surface area contributed by atoms with Crippen LogP contribution in [-0.4, -0.2) is 20.2 Å². The molecule has 0 spiro atoms. The number of aromatic nitrogens is 4. The lowest BCUT2D eigenvalue weighted by molar-refractivity contribution is 0.423. The lowest BCUT2D eigenvalue weighted by Gasteiger charge is -2.31. The van der Waals surface area contributed by atoms with E-state index in [1.165, 1.54) is 22.3 Å². The second-order valence-electron chi connectivity index (χ2n) is 6.29. The van der Waals surface area contributed by atoms with Crippen molar-refractivity contribution in [1.82, 2.24) is 20.2 Å². The van der Waals surface area contributed by atoms with Crippen molar-refractivity contribution in [2.24, 2.45) is 0 Å². The zero-order chi connectivity index (χ0) is 16.7. The number of hydrogen-bond acceptors (Lipinski definition) is 4. The molecule has 3 aromatic rings. The van der Waals surface area contributed by atoms with Gasteiger partial charge >= 0.3 is 0 Å². The van der Waals surface area contributed by atoms with E-state index in [0.29, 0.717) is 0 Å². The van der Waals surface area contributed by atoms with E-state index >= 15 is 0 Å². The second-order valence-corrected chi connectivity index (χ2v) is 7.21. The normalized spacial score (nSPS) is 19.6. The molecule has 2 aromatic carbocycles. The van der Waals surface area contributed by atoms with E-state index in [0.717, 1.165) is 16.8 Å². The first kappa shape index (κ1) is 15.3. The number of benzene rings is 2. The minimum Gasteiger partial charge on any atom is -0.346 e. The number of aryl methyl sites for hydroxylation is 2. The molecule has 4 rings (SSSR count). The average Bonchev–Trinajstić information content (AvgIpc) is 3.06. The first-order valence-corrected chi connectivity index (χ1v) is 8.78. The third kappa shape index (κ3) is 2.71. The van der Waals surface area contributed by atoms with E-state index in [1.807, 2.05) is 4.68 Å². The van der Waals surface area contributed by atoms with Gasteiger partial charge in [-0.2, -0.15) is 0 Å². The summed E-state index contributed by atoms with van der Waals surface area (Å²) in [6, 6.07) is 15.3. The molecule has 0 saturated heterocycles. The Morgan fingerprint density at radius 1 is 1.04 bits per heavy atom. The predicted molar refractivity (Wildman–Crippen MR) is 97.0 cm³/mol. The highest BCUT2D eigenvalue weighted by molar-refractivity contribution is 9.10. The van der Waals surface area contributed by atoms with E-state index in [9.17, 15) is 0 Å². The molecule has 0 saturated carbocycles. The monoisotopic (exact) mass is 383 g/mol. The predicted octanol–water partition coefficient (Wildman–Crippen LogP) is 4.20. The van der Waals surface area contributed by atoms with Crippen molar-refractivity contribution in [3.63, 3.8) is 0 Å². The summed E-state index contributed by atoms with van der Waals surface area (Å²) in [5.41, 5.74) is 5.10. The minimum atomic E-state index is 0.121.